The maximum atomic E-state index is 13.2. The molecule has 1 aliphatic heterocycles. The summed E-state index contributed by atoms with van der Waals surface area (Å²) in [5.74, 6) is 1.59. The molecule has 9 nitrogen and oxygen atoms in total. The molecule has 1 saturated heterocycles. The Hall–Kier alpha value is -2.46. The van der Waals surface area contributed by atoms with E-state index in [0.717, 1.165) is 0 Å². The second-order valence-corrected chi connectivity index (χ2v) is 9.89. The number of rotatable bonds is 5. The van der Waals surface area contributed by atoms with Crippen LogP contribution < -0.4 is 10.1 Å². The van der Waals surface area contributed by atoms with Crippen molar-refractivity contribution in [2.45, 2.75) is 56.3 Å². The van der Waals surface area contributed by atoms with Gasteiger partial charge in [-0.05, 0) is 31.4 Å². The number of nitrogens with one attached hydrogen (secondary N) is 1. The summed E-state index contributed by atoms with van der Waals surface area (Å²) in [6, 6.07) is 6.37. The average Bonchev–Trinajstić information content (AvgIpc) is 3.23. The largest absolute Gasteiger partial charge is 0.497 e. The van der Waals surface area contributed by atoms with E-state index in [1.54, 1.807) is 12.1 Å². The molecule has 1 unspecified atom stereocenters. The van der Waals surface area contributed by atoms with Gasteiger partial charge in [0.05, 0.1) is 12.0 Å². The highest BCUT2D eigenvalue weighted by molar-refractivity contribution is 7.89. The lowest BCUT2D eigenvalue weighted by Gasteiger charge is -2.22. The predicted molar refractivity (Wildman–Crippen MR) is 114 cm³/mol. The summed E-state index contributed by atoms with van der Waals surface area (Å²) >= 11 is 0. The minimum Gasteiger partial charge on any atom is -0.497 e. The SMILES string of the molecule is COc1cccc(S(=O)(=O)N2CCCC(c3nc(C(C)C)no3)CCNC(=O)CC2)c1. The molecule has 10 heteroatoms. The minimum absolute atomic E-state index is 0.0419. The molecule has 1 aromatic heterocycles. The van der Waals surface area contributed by atoms with Crippen LogP contribution in [0.2, 0.25) is 0 Å². The van der Waals surface area contributed by atoms with Crippen molar-refractivity contribution in [3.8, 4) is 5.75 Å². The van der Waals surface area contributed by atoms with Crippen LogP contribution in [0, 0.1) is 0 Å². The number of benzene rings is 1. The first kappa shape index (κ1) is 23.2. The molecule has 2 heterocycles. The monoisotopic (exact) mass is 450 g/mol. The van der Waals surface area contributed by atoms with Crippen LogP contribution in [0.25, 0.3) is 0 Å². The number of ether oxygens (including phenoxy) is 1. The van der Waals surface area contributed by atoms with Crippen LogP contribution in [0.1, 0.15) is 63.1 Å². The summed E-state index contributed by atoms with van der Waals surface area (Å²) < 4.78 is 38.5. The van der Waals surface area contributed by atoms with Gasteiger partial charge in [0.2, 0.25) is 21.8 Å². The first-order chi connectivity index (χ1) is 14.8. The van der Waals surface area contributed by atoms with Crippen molar-refractivity contribution in [2.75, 3.05) is 26.7 Å². The molecule has 0 spiro atoms. The highest BCUT2D eigenvalue weighted by atomic mass is 32.2. The molecule has 170 valence electrons. The Kier molecular flexibility index (Phi) is 7.66. The maximum Gasteiger partial charge on any atom is 0.243 e. The standard InChI is InChI=1S/C21H30N4O5S/c1-15(2)20-23-21(30-24-20)16-6-5-12-25(13-10-19(26)22-11-9-16)31(27,28)18-8-4-7-17(14-18)29-3/h4,7-8,14-16H,5-6,9-13H2,1-3H3,(H,22,26). The normalized spacial score (nSPS) is 19.6. The number of methoxy groups -OCH3 is 1. The number of sulfonamides is 1. The summed E-state index contributed by atoms with van der Waals surface area (Å²) in [6.45, 7) is 4.88. The van der Waals surface area contributed by atoms with Gasteiger partial charge in [-0.1, -0.05) is 25.1 Å². The van der Waals surface area contributed by atoms with E-state index in [-0.39, 0.29) is 35.6 Å². The zero-order valence-corrected chi connectivity index (χ0v) is 19.0. The fourth-order valence-electron chi connectivity index (χ4n) is 3.52. The average molecular weight is 451 g/mol. The van der Waals surface area contributed by atoms with Crippen LogP contribution in [-0.4, -0.2) is 55.5 Å². The third-order valence-corrected chi connectivity index (χ3v) is 7.26. The van der Waals surface area contributed by atoms with E-state index in [1.165, 1.54) is 23.5 Å². The lowest BCUT2D eigenvalue weighted by Crippen LogP contribution is -2.35. The highest BCUT2D eigenvalue weighted by Crippen LogP contribution is 2.27. The van der Waals surface area contributed by atoms with Crippen molar-refractivity contribution in [1.29, 1.82) is 0 Å². The Morgan fingerprint density at radius 3 is 2.77 bits per heavy atom. The van der Waals surface area contributed by atoms with Crippen molar-refractivity contribution >= 4 is 15.9 Å². The molecule has 0 saturated carbocycles. The molecule has 0 radical (unpaired) electrons. The molecule has 1 amide bonds. The highest BCUT2D eigenvalue weighted by Gasteiger charge is 2.27. The zero-order chi connectivity index (χ0) is 22.4. The lowest BCUT2D eigenvalue weighted by molar-refractivity contribution is -0.121. The third-order valence-electron chi connectivity index (χ3n) is 5.37. The summed E-state index contributed by atoms with van der Waals surface area (Å²) in [5, 5.41) is 6.91. The molecule has 1 atom stereocenters. The van der Waals surface area contributed by atoms with E-state index in [9.17, 15) is 13.2 Å². The second kappa shape index (κ2) is 10.2. The summed E-state index contributed by atoms with van der Waals surface area (Å²) in [4.78, 5) is 16.9. The smallest absolute Gasteiger partial charge is 0.243 e. The summed E-state index contributed by atoms with van der Waals surface area (Å²) in [5.41, 5.74) is 0. The van der Waals surface area contributed by atoms with E-state index in [4.69, 9.17) is 9.26 Å². The predicted octanol–water partition coefficient (Wildman–Crippen LogP) is 2.67. The van der Waals surface area contributed by atoms with Gasteiger partial charge < -0.3 is 14.6 Å². The lowest BCUT2D eigenvalue weighted by atomic mass is 9.99. The van der Waals surface area contributed by atoms with E-state index in [1.807, 2.05) is 13.8 Å². The van der Waals surface area contributed by atoms with Gasteiger partial charge in [-0.3, -0.25) is 4.79 Å². The van der Waals surface area contributed by atoms with Gasteiger partial charge in [0.15, 0.2) is 5.82 Å². The number of amides is 1. The van der Waals surface area contributed by atoms with Gasteiger partial charge in [0.25, 0.3) is 0 Å². The Balaban J connectivity index is 1.79. The Morgan fingerprint density at radius 1 is 1.26 bits per heavy atom. The molecular weight excluding hydrogens is 420 g/mol. The number of carbonyl (C=O) groups excluding carboxylic acids is 1. The van der Waals surface area contributed by atoms with Gasteiger partial charge in [0.1, 0.15) is 5.75 Å². The van der Waals surface area contributed by atoms with Crippen molar-refractivity contribution < 1.29 is 22.5 Å². The fraction of sp³-hybridized carbons (Fsp3) is 0.571. The van der Waals surface area contributed by atoms with E-state index in [0.29, 0.717) is 49.8 Å². The Bertz CT molecular complexity index is 989. The first-order valence-electron chi connectivity index (χ1n) is 10.6. The topological polar surface area (TPSA) is 115 Å². The van der Waals surface area contributed by atoms with Gasteiger partial charge >= 0.3 is 0 Å². The molecular formula is C21H30N4O5S. The minimum atomic E-state index is -3.76. The number of hydrogen-bond acceptors (Lipinski definition) is 7. The Labute approximate surface area is 183 Å². The summed E-state index contributed by atoms with van der Waals surface area (Å²) in [6.07, 6.45) is 2.06. The molecule has 0 bridgehead atoms. The first-order valence-corrected chi connectivity index (χ1v) is 12.0. The fourth-order valence-corrected chi connectivity index (χ4v) is 5.03. The van der Waals surface area contributed by atoms with Crippen molar-refractivity contribution in [3.05, 3.63) is 36.0 Å². The van der Waals surface area contributed by atoms with Crippen LogP contribution in [0.5, 0.6) is 5.75 Å². The number of carbonyl (C=O) groups is 1. The van der Waals surface area contributed by atoms with E-state index in [2.05, 4.69) is 15.5 Å². The van der Waals surface area contributed by atoms with Crippen LogP contribution in [0.3, 0.4) is 0 Å². The summed E-state index contributed by atoms with van der Waals surface area (Å²) in [7, 11) is -2.27. The van der Waals surface area contributed by atoms with Gasteiger partial charge in [-0.25, -0.2) is 8.42 Å². The van der Waals surface area contributed by atoms with E-state index < -0.39 is 10.0 Å². The molecule has 1 aliphatic rings. The molecule has 0 aliphatic carbocycles. The molecule has 3 rings (SSSR count). The number of hydrogen-bond donors (Lipinski definition) is 1. The second-order valence-electron chi connectivity index (χ2n) is 7.96. The molecule has 1 fully saturated rings. The zero-order valence-electron chi connectivity index (χ0n) is 18.2. The van der Waals surface area contributed by atoms with Gasteiger partial charge in [-0.15, -0.1) is 0 Å². The number of nitrogens with zero attached hydrogens (tertiary/aromatic N) is 3. The molecule has 2 aromatic rings. The van der Waals surface area contributed by atoms with E-state index >= 15 is 0 Å². The van der Waals surface area contributed by atoms with Gasteiger partial charge in [-0.2, -0.15) is 9.29 Å². The van der Waals surface area contributed by atoms with Crippen LogP contribution in [-0.2, 0) is 14.8 Å². The number of aromatic nitrogens is 2. The van der Waals surface area contributed by atoms with Crippen LogP contribution in [0.15, 0.2) is 33.7 Å². The quantitative estimate of drug-likeness (QED) is 0.745. The maximum absolute atomic E-state index is 13.2. The molecule has 1 N–H and O–H groups in total. The Morgan fingerprint density at radius 2 is 2.06 bits per heavy atom. The van der Waals surface area contributed by atoms with Crippen LogP contribution >= 0.6 is 0 Å². The molecule has 1 aromatic carbocycles. The third kappa shape index (κ3) is 5.82. The van der Waals surface area contributed by atoms with Crippen molar-refractivity contribution in [1.82, 2.24) is 19.8 Å². The van der Waals surface area contributed by atoms with Crippen molar-refractivity contribution in [2.24, 2.45) is 0 Å². The van der Waals surface area contributed by atoms with Gasteiger partial charge in [0, 0.05) is 44.0 Å². The van der Waals surface area contributed by atoms with Crippen LogP contribution in [0.4, 0.5) is 0 Å². The van der Waals surface area contributed by atoms with Crippen molar-refractivity contribution in [3.63, 3.8) is 0 Å². The molecule has 31 heavy (non-hydrogen) atoms.